The second kappa shape index (κ2) is 19.3. The van der Waals surface area contributed by atoms with Crippen LogP contribution in [0.5, 0.6) is 0 Å². The molecule has 1 amide bonds. The van der Waals surface area contributed by atoms with Crippen molar-refractivity contribution in [2.24, 2.45) is 5.73 Å². The number of hydrogen-bond donors (Lipinski definition) is 2. The Morgan fingerprint density at radius 1 is 0.653 bits per heavy atom. The van der Waals surface area contributed by atoms with Crippen LogP contribution < -0.4 is 11.1 Å². The Morgan fingerprint density at radius 3 is 1.53 bits per heavy atom. The van der Waals surface area contributed by atoms with Gasteiger partial charge in [0.1, 0.15) is 17.7 Å². The molecule has 0 aliphatic rings. The molecular formula is C39H44Br2N2O6. The average Bonchev–Trinajstić information content (AvgIpc) is 3.05. The summed E-state index contributed by atoms with van der Waals surface area (Å²) >= 11 is 6.95. The Balaban J connectivity index is 0.000000276. The predicted molar refractivity (Wildman–Crippen MR) is 199 cm³/mol. The molecule has 0 spiro atoms. The minimum absolute atomic E-state index is 0.214. The Kier molecular flexibility index (Phi) is 15.5. The van der Waals surface area contributed by atoms with Crippen LogP contribution in [0.1, 0.15) is 68.7 Å². The zero-order chi connectivity index (χ0) is 36.0. The molecule has 0 bridgehead atoms. The standard InChI is InChI=1S/C22H26BrNO4.C17H18BrNO2/c1-5-27-20(25)19(24-21(26)28-22(2,3)4)18(15-10-7-6-8-11-15)16-12-9-13-17(23)14-16;1-2-21-17(20)16(19)15(12-7-4-3-5-8-12)13-9-6-10-14(18)11-13/h6-14,18-19H,5H2,1-4H3,(H,24,26);3-11,15-16H,2,19H2,1H3. The largest absolute Gasteiger partial charge is 0.465 e. The molecule has 0 heterocycles. The van der Waals surface area contributed by atoms with E-state index in [1.807, 2.05) is 109 Å². The number of hydrogen-bond acceptors (Lipinski definition) is 7. The lowest BCUT2D eigenvalue weighted by Crippen LogP contribution is -2.48. The summed E-state index contributed by atoms with van der Waals surface area (Å²) in [6, 6.07) is 33.2. The van der Waals surface area contributed by atoms with Crippen LogP contribution in [0.15, 0.2) is 118 Å². The lowest BCUT2D eigenvalue weighted by atomic mass is 9.85. The number of amides is 1. The van der Waals surface area contributed by atoms with E-state index in [9.17, 15) is 14.4 Å². The fraction of sp³-hybridized carbons (Fsp3) is 0.308. The van der Waals surface area contributed by atoms with Crippen LogP contribution in [0.4, 0.5) is 4.79 Å². The van der Waals surface area contributed by atoms with Gasteiger partial charge in [0.25, 0.3) is 0 Å². The molecule has 260 valence electrons. The van der Waals surface area contributed by atoms with Gasteiger partial charge < -0.3 is 25.3 Å². The summed E-state index contributed by atoms with van der Waals surface area (Å²) in [6.45, 7) is 9.37. The summed E-state index contributed by atoms with van der Waals surface area (Å²) in [6.07, 6.45) is -0.665. The van der Waals surface area contributed by atoms with Crippen LogP contribution in [0.2, 0.25) is 0 Å². The second-order valence-electron chi connectivity index (χ2n) is 12.0. The molecule has 0 saturated heterocycles. The van der Waals surface area contributed by atoms with E-state index < -0.39 is 35.7 Å². The average molecular weight is 797 g/mol. The highest BCUT2D eigenvalue weighted by molar-refractivity contribution is 9.10. The van der Waals surface area contributed by atoms with Gasteiger partial charge in [-0.25, -0.2) is 9.59 Å². The van der Waals surface area contributed by atoms with Crippen molar-refractivity contribution < 1.29 is 28.6 Å². The molecular weight excluding hydrogens is 752 g/mol. The first kappa shape index (κ1) is 39.4. The number of carbonyl (C=O) groups excluding carboxylic acids is 3. The first-order valence-corrected chi connectivity index (χ1v) is 17.6. The molecule has 0 aromatic heterocycles. The predicted octanol–water partition coefficient (Wildman–Crippen LogP) is 8.51. The van der Waals surface area contributed by atoms with Gasteiger partial charge in [-0.2, -0.15) is 0 Å². The number of carbonyl (C=O) groups is 3. The van der Waals surface area contributed by atoms with Gasteiger partial charge in [-0.15, -0.1) is 0 Å². The van der Waals surface area contributed by atoms with Crippen molar-refractivity contribution in [3.8, 4) is 0 Å². The molecule has 0 aliphatic heterocycles. The van der Waals surface area contributed by atoms with E-state index in [2.05, 4.69) is 37.2 Å². The van der Waals surface area contributed by atoms with Gasteiger partial charge in [-0.1, -0.05) is 117 Å². The molecule has 4 rings (SSSR count). The minimum atomic E-state index is -0.938. The Labute approximate surface area is 306 Å². The number of nitrogens with two attached hydrogens (primary N) is 1. The molecule has 8 nitrogen and oxygen atoms in total. The van der Waals surface area contributed by atoms with Crippen molar-refractivity contribution >= 4 is 49.9 Å². The molecule has 0 radical (unpaired) electrons. The van der Waals surface area contributed by atoms with Crippen LogP contribution in [0.25, 0.3) is 0 Å². The third kappa shape index (κ3) is 12.4. The van der Waals surface area contributed by atoms with Crippen molar-refractivity contribution in [2.45, 2.75) is 64.1 Å². The number of alkyl carbamates (subject to hydrolysis) is 1. The van der Waals surface area contributed by atoms with Gasteiger partial charge in [0, 0.05) is 20.8 Å². The van der Waals surface area contributed by atoms with E-state index in [1.165, 1.54) is 0 Å². The first-order chi connectivity index (χ1) is 23.3. The lowest BCUT2D eigenvalue weighted by Gasteiger charge is -2.29. The molecule has 0 fully saturated rings. The minimum Gasteiger partial charge on any atom is -0.465 e. The molecule has 49 heavy (non-hydrogen) atoms. The third-order valence-electron chi connectivity index (χ3n) is 7.20. The summed E-state index contributed by atoms with van der Waals surface area (Å²) in [5.41, 5.74) is 9.23. The normalized spacial score (nSPS) is 13.4. The zero-order valence-electron chi connectivity index (χ0n) is 28.4. The smallest absolute Gasteiger partial charge is 0.408 e. The number of halogens is 2. The fourth-order valence-electron chi connectivity index (χ4n) is 5.22. The molecule has 4 aromatic rings. The van der Waals surface area contributed by atoms with Crippen molar-refractivity contribution in [2.75, 3.05) is 13.2 Å². The van der Waals surface area contributed by atoms with Crippen LogP contribution >= 0.6 is 31.9 Å². The van der Waals surface area contributed by atoms with E-state index in [4.69, 9.17) is 19.9 Å². The quantitative estimate of drug-likeness (QED) is 0.116. The topological polar surface area (TPSA) is 117 Å². The fourth-order valence-corrected chi connectivity index (χ4v) is 6.06. The van der Waals surface area contributed by atoms with Crippen LogP contribution in [-0.2, 0) is 23.8 Å². The molecule has 4 unspecified atom stereocenters. The third-order valence-corrected chi connectivity index (χ3v) is 8.18. The molecule has 0 aliphatic carbocycles. The van der Waals surface area contributed by atoms with Crippen molar-refractivity contribution in [1.82, 2.24) is 5.32 Å². The van der Waals surface area contributed by atoms with Gasteiger partial charge in [0.15, 0.2) is 0 Å². The number of nitrogens with one attached hydrogen (secondary N) is 1. The van der Waals surface area contributed by atoms with Crippen LogP contribution in [-0.4, -0.2) is 48.9 Å². The zero-order valence-corrected chi connectivity index (χ0v) is 31.6. The maximum Gasteiger partial charge on any atom is 0.408 e. The first-order valence-electron chi connectivity index (χ1n) is 16.0. The highest BCUT2D eigenvalue weighted by Crippen LogP contribution is 2.32. The Hall–Kier alpha value is -3.99. The number of rotatable bonds is 11. The summed E-state index contributed by atoms with van der Waals surface area (Å²) in [4.78, 5) is 37.3. The second-order valence-corrected chi connectivity index (χ2v) is 13.9. The molecule has 4 atom stereocenters. The number of esters is 2. The Morgan fingerprint density at radius 2 is 1.08 bits per heavy atom. The van der Waals surface area contributed by atoms with E-state index in [1.54, 1.807) is 34.6 Å². The van der Waals surface area contributed by atoms with Crippen molar-refractivity contribution in [3.05, 3.63) is 140 Å². The maximum absolute atomic E-state index is 12.8. The highest BCUT2D eigenvalue weighted by Gasteiger charge is 2.35. The summed E-state index contributed by atoms with van der Waals surface area (Å²) in [5, 5.41) is 2.72. The van der Waals surface area contributed by atoms with Crippen molar-refractivity contribution in [1.29, 1.82) is 0 Å². The van der Waals surface area contributed by atoms with Gasteiger partial charge in [-0.05, 0) is 81.1 Å². The molecule has 4 aromatic carbocycles. The maximum atomic E-state index is 12.8. The van der Waals surface area contributed by atoms with Gasteiger partial charge in [0.2, 0.25) is 0 Å². The van der Waals surface area contributed by atoms with Crippen molar-refractivity contribution in [3.63, 3.8) is 0 Å². The number of ether oxygens (including phenoxy) is 3. The summed E-state index contributed by atoms with van der Waals surface area (Å²) in [7, 11) is 0. The molecule has 10 heteroatoms. The Bertz CT molecular complexity index is 1650. The summed E-state index contributed by atoms with van der Waals surface area (Å²) < 4.78 is 17.6. The monoisotopic (exact) mass is 794 g/mol. The van der Waals surface area contributed by atoms with Gasteiger partial charge >= 0.3 is 18.0 Å². The van der Waals surface area contributed by atoms with E-state index >= 15 is 0 Å². The number of benzene rings is 4. The SMILES string of the molecule is CCOC(=O)C(N)C(c1ccccc1)c1cccc(Br)c1.CCOC(=O)C(NC(=O)OC(C)(C)C)C(c1ccccc1)c1cccc(Br)c1. The molecule has 0 saturated carbocycles. The van der Waals surface area contributed by atoms with Gasteiger partial charge in [0.05, 0.1) is 13.2 Å². The lowest BCUT2D eigenvalue weighted by molar-refractivity contribution is -0.146. The molecule has 3 N–H and O–H groups in total. The van der Waals surface area contributed by atoms with Crippen LogP contribution in [0.3, 0.4) is 0 Å². The van der Waals surface area contributed by atoms with Crippen LogP contribution in [0, 0.1) is 0 Å². The highest BCUT2D eigenvalue weighted by atomic mass is 79.9. The van der Waals surface area contributed by atoms with E-state index in [0.717, 1.165) is 31.2 Å². The van der Waals surface area contributed by atoms with Gasteiger partial charge in [-0.3, -0.25) is 4.79 Å². The van der Waals surface area contributed by atoms with E-state index in [-0.39, 0.29) is 18.5 Å². The summed E-state index contributed by atoms with van der Waals surface area (Å²) in [5.74, 6) is -1.57. The van der Waals surface area contributed by atoms with E-state index in [0.29, 0.717) is 6.61 Å².